The van der Waals surface area contributed by atoms with Crippen molar-refractivity contribution in [1.82, 2.24) is 5.43 Å². The lowest BCUT2D eigenvalue weighted by atomic mass is 10.3. The number of ether oxygens (including phenoxy) is 2. The Morgan fingerprint density at radius 3 is 2.64 bits per heavy atom. The number of nitrogens with two attached hydrogens (primary N) is 1. The van der Waals surface area contributed by atoms with Gasteiger partial charge in [0.05, 0.1) is 0 Å². The summed E-state index contributed by atoms with van der Waals surface area (Å²) in [6.45, 7) is -0.435. The summed E-state index contributed by atoms with van der Waals surface area (Å²) in [5.41, 5.74) is 1.36. The summed E-state index contributed by atoms with van der Waals surface area (Å²) in [4.78, 5) is 10.5. The van der Waals surface area contributed by atoms with Crippen LogP contribution in [0.15, 0.2) is 0 Å². The molecule has 0 atom stereocenters. The molecule has 0 aromatic heterocycles. The van der Waals surface area contributed by atoms with Crippen molar-refractivity contribution in [3.05, 3.63) is 0 Å². The second kappa shape index (κ2) is 6.63. The quantitative estimate of drug-likeness (QED) is 0.262. The summed E-state index contributed by atoms with van der Waals surface area (Å²) >= 11 is 0. The third-order valence-electron chi connectivity index (χ3n) is 1.38. The van der Waals surface area contributed by atoms with Gasteiger partial charge in [-0.3, -0.25) is 10.2 Å². The van der Waals surface area contributed by atoms with Gasteiger partial charge in [0.2, 0.25) is 0 Å². The molecule has 0 radical (unpaired) electrons. The van der Waals surface area contributed by atoms with Gasteiger partial charge in [-0.1, -0.05) is 0 Å². The second-order valence-electron chi connectivity index (χ2n) is 2.58. The molecule has 0 spiro atoms. The van der Waals surface area contributed by atoms with E-state index in [1.54, 1.807) is 0 Å². The van der Waals surface area contributed by atoms with E-state index in [2.05, 4.69) is 15.3 Å². The molecular formula is C7H14F2N2O3. The van der Waals surface area contributed by atoms with Crippen LogP contribution in [0.3, 0.4) is 0 Å². The molecule has 5 nitrogen and oxygen atoms in total. The summed E-state index contributed by atoms with van der Waals surface area (Å²) < 4.78 is 34.6. The Hall–Kier alpha value is -0.790. The van der Waals surface area contributed by atoms with Crippen molar-refractivity contribution in [2.24, 2.45) is 5.84 Å². The highest BCUT2D eigenvalue weighted by molar-refractivity contribution is 5.82. The maximum Gasteiger partial charge on any atom is 0.348 e. The number of methoxy groups -OCH3 is 1. The number of carbonyl (C=O) groups excluding carboxylic acids is 1. The molecule has 1 amide bonds. The molecular weight excluding hydrogens is 198 g/mol. The highest BCUT2D eigenvalue weighted by atomic mass is 19.3. The Bertz CT molecular complexity index is 178. The third kappa shape index (κ3) is 5.05. The molecule has 0 heterocycles. The van der Waals surface area contributed by atoms with E-state index in [1.165, 1.54) is 12.5 Å². The first-order valence-corrected chi connectivity index (χ1v) is 4.00. The van der Waals surface area contributed by atoms with Gasteiger partial charge in [0.25, 0.3) is 0 Å². The summed E-state index contributed by atoms with van der Waals surface area (Å²) in [7, 11) is 1.50. The van der Waals surface area contributed by atoms with Crippen LogP contribution in [0.4, 0.5) is 8.78 Å². The lowest BCUT2D eigenvalue weighted by Gasteiger charge is -2.13. The highest BCUT2D eigenvalue weighted by Crippen LogP contribution is 2.13. The Balaban J connectivity index is 3.60. The van der Waals surface area contributed by atoms with Crippen molar-refractivity contribution in [2.45, 2.75) is 12.3 Å². The van der Waals surface area contributed by atoms with E-state index in [0.29, 0.717) is 13.0 Å². The average Bonchev–Trinajstić information content (AvgIpc) is 2.16. The number of hydrogen-bond donors (Lipinski definition) is 2. The number of hydrogen-bond acceptors (Lipinski definition) is 4. The van der Waals surface area contributed by atoms with Crippen LogP contribution >= 0.6 is 0 Å². The number of nitrogens with one attached hydrogen (secondary N) is 1. The maximum atomic E-state index is 12.7. The minimum absolute atomic E-state index is 0.112. The van der Waals surface area contributed by atoms with Crippen molar-refractivity contribution in [3.8, 4) is 0 Å². The fourth-order valence-electron chi connectivity index (χ4n) is 0.677. The van der Waals surface area contributed by atoms with Crippen molar-refractivity contribution in [2.75, 3.05) is 26.9 Å². The summed E-state index contributed by atoms with van der Waals surface area (Å²) in [6.07, 6.45) is 0.497. The normalized spacial score (nSPS) is 11.4. The Labute approximate surface area is 80.5 Å². The van der Waals surface area contributed by atoms with E-state index in [0.717, 1.165) is 0 Å². The van der Waals surface area contributed by atoms with Crippen LogP contribution in [0.1, 0.15) is 6.42 Å². The van der Waals surface area contributed by atoms with Crippen LogP contribution in [0.5, 0.6) is 0 Å². The molecule has 84 valence electrons. The van der Waals surface area contributed by atoms with Crippen LogP contribution in [0.2, 0.25) is 0 Å². The van der Waals surface area contributed by atoms with Crippen LogP contribution < -0.4 is 11.3 Å². The lowest BCUT2D eigenvalue weighted by molar-refractivity contribution is -0.154. The van der Waals surface area contributed by atoms with E-state index >= 15 is 0 Å². The Kier molecular flexibility index (Phi) is 6.26. The molecule has 0 saturated carbocycles. The zero-order valence-electron chi connectivity index (χ0n) is 7.89. The minimum atomic E-state index is -3.58. The molecule has 0 aliphatic carbocycles. The third-order valence-corrected chi connectivity index (χ3v) is 1.38. The van der Waals surface area contributed by atoms with Gasteiger partial charge < -0.3 is 9.47 Å². The van der Waals surface area contributed by atoms with Gasteiger partial charge in [-0.25, -0.2) is 5.84 Å². The molecule has 0 unspecified atom stereocenters. The monoisotopic (exact) mass is 212 g/mol. The zero-order valence-corrected chi connectivity index (χ0v) is 7.89. The van der Waals surface area contributed by atoms with Gasteiger partial charge in [-0.2, -0.15) is 8.78 Å². The summed E-state index contributed by atoms with van der Waals surface area (Å²) in [5.74, 6) is -0.578. The van der Waals surface area contributed by atoms with Crippen molar-refractivity contribution >= 4 is 5.91 Å². The minimum Gasteiger partial charge on any atom is -0.385 e. The van der Waals surface area contributed by atoms with Crippen LogP contribution in [0.25, 0.3) is 0 Å². The molecule has 0 rings (SSSR count). The first-order chi connectivity index (χ1) is 6.54. The van der Waals surface area contributed by atoms with Gasteiger partial charge in [0.1, 0.15) is 6.61 Å². The smallest absolute Gasteiger partial charge is 0.348 e. The first-order valence-electron chi connectivity index (χ1n) is 4.00. The Morgan fingerprint density at radius 1 is 1.50 bits per heavy atom. The van der Waals surface area contributed by atoms with Gasteiger partial charge in [-0.15, -0.1) is 0 Å². The molecule has 7 heteroatoms. The van der Waals surface area contributed by atoms with Crippen molar-refractivity contribution in [3.63, 3.8) is 0 Å². The fourth-order valence-corrected chi connectivity index (χ4v) is 0.677. The molecule has 0 aliphatic heterocycles. The zero-order chi connectivity index (χ0) is 11.0. The largest absolute Gasteiger partial charge is 0.385 e. The van der Waals surface area contributed by atoms with E-state index < -0.39 is 18.4 Å². The second-order valence-corrected chi connectivity index (χ2v) is 2.58. The van der Waals surface area contributed by atoms with E-state index in [-0.39, 0.29) is 6.61 Å². The number of rotatable bonds is 7. The van der Waals surface area contributed by atoms with E-state index in [1.807, 2.05) is 0 Å². The van der Waals surface area contributed by atoms with E-state index in [9.17, 15) is 13.6 Å². The molecule has 0 aromatic rings. The molecule has 0 bridgehead atoms. The molecule has 0 aliphatic rings. The summed E-state index contributed by atoms with van der Waals surface area (Å²) in [6, 6.07) is 0. The fraction of sp³-hybridized carbons (Fsp3) is 0.857. The van der Waals surface area contributed by atoms with Gasteiger partial charge in [-0.05, 0) is 6.42 Å². The van der Waals surface area contributed by atoms with Gasteiger partial charge >= 0.3 is 11.8 Å². The summed E-state index contributed by atoms with van der Waals surface area (Å²) in [5, 5.41) is 0. The number of alkyl halides is 2. The molecule has 14 heavy (non-hydrogen) atoms. The van der Waals surface area contributed by atoms with Crippen LogP contribution in [-0.2, 0) is 14.3 Å². The molecule has 0 saturated heterocycles. The number of amides is 1. The molecule has 0 aromatic carbocycles. The van der Waals surface area contributed by atoms with E-state index in [4.69, 9.17) is 0 Å². The SMILES string of the molecule is COCCCOCC(F)(F)C(=O)NN. The van der Waals surface area contributed by atoms with Crippen LogP contribution in [0, 0.1) is 0 Å². The number of carbonyl (C=O) groups is 1. The molecule has 3 N–H and O–H groups in total. The average molecular weight is 212 g/mol. The van der Waals surface area contributed by atoms with Crippen LogP contribution in [-0.4, -0.2) is 38.8 Å². The van der Waals surface area contributed by atoms with Gasteiger partial charge in [0.15, 0.2) is 0 Å². The van der Waals surface area contributed by atoms with Crippen molar-refractivity contribution < 1.29 is 23.0 Å². The Morgan fingerprint density at radius 2 is 2.14 bits per heavy atom. The number of halogens is 2. The maximum absolute atomic E-state index is 12.7. The highest BCUT2D eigenvalue weighted by Gasteiger charge is 2.38. The molecule has 0 fully saturated rings. The predicted molar refractivity (Wildman–Crippen MR) is 44.6 cm³/mol. The standard InChI is InChI=1S/C7H14F2N2O3/c1-13-3-2-4-14-5-7(8,9)6(12)11-10/h2-5,10H2,1H3,(H,11,12). The van der Waals surface area contributed by atoms with Crippen molar-refractivity contribution in [1.29, 1.82) is 0 Å². The topological polar surface area (TPSA) is 73.6 Å². The predicted octanol–water partition coefficient (Wildman–Crippen LogP) is -0.335. The lowest BCUT2D eigenvalue weighted by Crippen LogP contribution is -2.46. The van der Waals surface area contributed by atoms with Gasteiger partial charge in [0, 0.05) is 20.3 Å². The first kappa shape index (κ1) is 13.2. The number of hydrazine groups is 1.